The molecule has 1 aliphatic rings. The first-order valence-corrected chi connectivity index (χ1v) is 7.98. The van der Waals surface area contributed by atoms with Gasteiger partial charge in [0.2, 0.25) is 11.8 Å². The van der Waals surface area contributed by atoms with E-state index in [1.54, 1.807) is 7.05 Å². The number of nitrogens with two attached hydrogens (primary N) is 1. The van der Waals surface area contributed by atoms with Crippen molar-refractivity contribution in [2.24, 2.45) is 10.7 Å². The Hall–Kier alpha value is -1.83. The second-order valence-corrected chi connectivity index (χ2v) is 6.52. The molecule has 8 nitrogen and oxygen atoms in total. The van der Waals surface area contributed by atoms with Crippen LogP contribution in [0.15, 0.2) is 4.99 Å². The first-order valence-electron chi connectivity index (χ1n) is 7.98. The number of nitrogens with zero attached hydrogens (tertiary/aromatic N) is 3. The molecule has 0 bridgehead atoms. The van der Waals surface area contributed by atoms with Crippen molar-refractivity contribution < 1.29 is 9.59 Å². The van der Waals surface area contributed by atoms with Crippen molar-refractivity contribution in [2.45, 2.75) is 39.3 Å². The summed E-state index contributed by atoms with van der Waals surface area (Å²) >= 11 is 0. The zero-order valence-electron chi connectivity index (χ0n) is 14.8. The van der Waals surface area contributed by atoms with E-state index in [0.717, 1.165) is 26.2 Å². The SMILES string of the molecule is CN=C(NCC(=O)NC(C)C)N1CCN(C(C)(C)C(N)=O)CC1. The van der Waals surface area contributed by atoms with Gasteiger partial charge in [0, 0.05) is 39.3 Å². The highest BCUT2D eigenvalue weighted by Crippen LogP contribution is 2.16. The van der Waals surface area contributed by atoms with E-state index in [-0.39, 0.29) is 24.4 Å². The molecule has 0 unspecified atom stereocenters. The lowest BCUT2D eigenvalue weighted by Crippen LogP contribution is -2.61. The molecule has 0 aliphatic carbocycles. The minimum absolute atomic E-state index is 0.0605. The average Bonchev–Trinajstić information content (AvgIpc) is 2.47. The molecule has 4 N–H and O–H groups in total. The van der Waals surface area contributed by atoms with Crippen molar-refractivity contribution in [3.63, 3.8) is 0 Å². The predicted molar refractivity (Wildman–Crippen MR) is 91.1 cm³/mol. The number of aliphatic imine (C=N–C) groups is 1. The van der Waals surface area contributed by atoms with Crippen molar-refractivity contribution in [1.82, 2.24) is 20.4 Å². The van der Waals surface area contributed by atoms with Gasteiger partial charge in [-0.1, -0.05) is 0 Å². The molecule has 8 heteroatoms. The Kier molecular flexibility index (Phi) is 6.80. The van der Waals surface area contributed by atoms with E-state index in [4.69, 9.17) is 5.73 Å². The molecule has 0 saturated carbocycles. The molecule has 0 aromatic rings. The van der Waals surface area contributed by atoms with E-state index in [1.807, 2.05) is 27.7 Å². The van der Waals surface area contributed by atoms with Gasteiger partial charge in [0.15, 0.2) is 5.96 Å². The van der Waals surface area contributed by atoms with Crippen molar-refractivity contribution in [1.29, 1.82) is 0 Å². The number of piperazine rings is 1. The van der Waals surface area contributed by atoms with Gasteiger partial charge in [-0.25, -0.2) is 0 Å². The lowest BCUT2D eigenvalue weighted by molar-refractivity contribution is -0.129. The van der Waals surface area contributed by atoms with Gasteiger partial charge in [0.25, 0.3) is 0 Å². The van der Waals surface area contributed by atoms with E-state index in [2.05, 4.69) is 25.4 Å². The number of guanidine groups is 1. The third-order valence-corrected chi connectivity index (χ3v) is 4.04. The van der Waals surface area contributed by atoms with E-state index >= 15 is 0 Å². The smallest absolute Gasteiger partial charge is 0.239 e. The van der Waals surface area contributed by atoms with Crippen LogP contribution in [0, 0.1) is 0 Å². The Morgan fingerprint density at radius 2 is 1.78 bits per heavy atom. The Morgan fingerprint density at radius 1 is 1.22 bits per heavy atom. The first-order chi connectivity index (χ1) is 10.7. The van der Waals surface area contributed by atoms with E-state index in [1.165, 1.54) is 0 Å². The predicted octanol–water partition coefficient (Wildman–Crippen LogP) is -1.03. The van der Waals surface area contributed by atoms with Gasteiger partial charge in [-0.2, -0.15) is 0 Å². The monoisotopic (exact) mass is 326 g/mol. The molecule has 1 aliphatic heterocycles. The summed E-state index contributed by atoms with van der Waals surface area (Å²) in [6.45, 7) is 10.6. The highest BCUT2D eigenvalue weighted by Gasteiger charge is 2.35. The lowest BCUT2D eigenvalue weighted by Gasteiger charge is -2.43. The van der Waals surface area contributed by atoms with Crippen molar-refractivity contribution in [3.8, 4) is 0 Å². The molecule has 0 aromatic heterocycles. The zero-order chi connectivity index (χ0) is 17.6. The van der Waals surface area contributed by atoms with Crippen molar-refractivity contribution >= 4 is 17.8 Å². The molecule has 1 saturated heterocycles. The fourth-order valence-electron chi connectivity index (χ4n) is 2.50. The second-order valence-electron chi connectivity index (χ2n) is 6.52. The van der Waals surface area contributed by atoms with Crippen LogP contribution in [0.2, 0.25) is 0 Å². The summed E-state index contributed by atoms with van der Waals surface area (Å²) in [4.78, 5) is 31.6. The Labute approximate surface area is 138 Å². The summed E-state index contributed by atoms with van der Waals surface area (Å²) in [5, 5.41) is 5.90. The molecule has 0 aromatic carbocycles. The minimum atomic E-state index is -0.653. The van der Waals surface area contributed by atoms with Crippen LogP contribution in [-0.2, 0) is 9.59 Å². The highest BCUT2D eigenvalue weighted by molar-refractivity contribution is 5.86. The van der Waals surface area contributed by atoms with Crippen LogP contribution in [0.4, 0.5) is 0 Å². The van der Waals surface area contributed by atoms with Gasteiger partial charge in [0.05, 0.1) is 12.1 Å². The first kappa shape index (κ1) is 19.2. The van der Waals surface area contributed by atoms with Crippen LogP contribution < -0.4 is 16.4 Å². The molecule has 23 heavy (non-hydrogen) atoms. The molecule has 0 radical (unpaired) electrons. The van der Waals surface area contributed by atoms with Crippen LogP contribution in [0.1, 0.15) is 27.7 Å². The second kappa shape index (κ2) is 8.14. The molecule has 1 heterocycles. The van der Waals surface area contributed by atoms with E-state index in [0.29, 0.717) is 5.96 Å². The summed E-state index contributed by atoms with van der Waals surface area (Å²) in [5.74, 6) is 0.314. The highest BCUT2D eigenvalue weighted by atomic mass is 16.2. The van der Waals surface area contributed by atoms with Gasteiger partial charge in [0.1, 0.15) is 0 Å². The average molecular weight is 326 g/mol. The number of nitrogens with one attached hydrogen (secondary N) is 2. The van der Waals surface area contributed by atoms with Crippen LogP contribution in [0.5, 0.6) is 0 Å². The van der Waals surface area contributed by atoms with Crippen LogP contribution in [-0.4, -0.2) is 78.9 Å². The molecule has 0 spiro atoms. The summed E-state index contributed by atoms with van der Waals surface area (Å²) in [6.07, 6.45) is 0. The third kappa shape index (κ3) is 5.38. The Morgan fingerprint density at radius 3 is 2.22 bits per heavy atom. The van der Waals surface area contributed by atoms with Gasteiger partial charge in [-0.15, -0.1) is 0 Å². The molecule has 0 atom stereocenters. The summed E-state index contributed by atoms with van der Waals surface area (Å²) in [6, 6.07) is 0.117. The maximum atomic E-state index is 11.7. The third-order valence-electron chi connectivity index (χ3n) is 4.04. The van der Waals surface area contributed by atoms with Crippen LogP contribution in [0.3, 0.4) is 0 Å². The number of carbonyl (C=O) groups excluding carboxylic acids is 2. The normalized spacial score (nSPS) is 17.3. The summed E-state index contributed by atoms with van der Waals surface area (Å²) in [5.41, 5.74) is 4.82. The van der Waals surface area contributed by atoms with Crippen LogP contribution in [0.25, 0.3) is 0 Å². The molecule has 2 amide bonds. The summed E-state index contributed by atoms with van der Waals surface area (Å²) in [7, 11) is 1.70. The summed E-state index contributed by atoms with van der Waals surface area (Å²) < 4.78 is 0. The van der Waals surface area contributed by atoms with Gasteiger partial charge < -0.3 is 21.3 Å². The molecule has 1 rings (SSSR count). The number of hydrogen-bond donors (Lipinski definition) is 3. The van der Waals surface area contributed by atoms with Crippen molar-refractivity contribution in [2.75, 3.05) is 39.8 Å². The fourth-order valence-corrected chi connectivity index (χ4v) is 2.50. The topological polar surface area (TPSA) is 103 Å². The Balaban J connectivity index is 2.51. The van der Waals surface area contributed by atoms with Gasteiger partial charge in [-0.05, 0) is 27.7 Å². The van der Waals surface area contributed by atoms with E-state index in [9.17, 15) is 9.59 Å². The van der Waals surface area contributed by atoms with Gasteiger partial charge >= 0.3 is 0 Å². The maximum Gasteiger partial charge on any atom is 0.239 e. The number of amides is 2. The number of primary amides is 1. The zero-order valence-corrected chi connectivity index (χ0v) is 14.8. The quantitative estimate of drug-likeness (QED) is 0.443. The molecular formula is C15H30N6O2. The molecule has 132 valence electrons. The van der Waals surface area contributed by atoms with Crippen LogP contribution >= 0.6 is 0 Å². The molecular weight excluding hydrogens is 296 g/mol. The Bertz CT molecular complexity index is 453. The van der Waals surface area contributed by atoms with Gasteiger partial charge in [-0.3, -0.25) is 19.5 Å². The van der Waals surface area contributed by atoms with Crippen molar-refractivity contribution in [3.05, 3.63) is 0 Å². The van der Waals surface area contributed by atoms with E-state index < -0.39 is 5.54 Å². The lowest BCUT2D eigenvalue weighted by atomic mass is 10.0. The number of hydrogen-bond acceptors (Lipinski definition) is 4. The number of rotatable bonds is 5. The molecule has 1 fully saturated rings. The standard InChI is InChI=1S/C15H30N6O2/c1-11(2)19-12(22)10-18-14(17-5)20-6-8-21(9-7-20)15(3,4)13(16)23/h11H,6-10H2,1-5H3,(H2,16,23)(H,17,18)(H,19,22). The minimum Gasteiger partial charge on any atom is -0.368 e. The number of carbonyl (C=O) groups is 2. The fraction of sp³-hybridized carbons (Fsp3) is 0.800. The largest absolute Gasteiger partial charge is 0.368 e. The maximum absolute atomic E-state index is 11.7.